The van der Waals surface area contributed by atoms with Crippen molar-refractivity contribution in [3.63, 3.8) is 0 Å². The van der Waals surface area contributed by atoms with Crippen LogP contribution in [0.2, 0.25) is 0 Å². The Hall–Kier alpha value is 0. The molecule has 0 nitrogen and oxygen atoms in total. The first kappa shape index (κ1) is 7.41. The summed E-state index contributed by atoms with van der Waals surface area (Å²) < 4.78 is 0. The first-order valence-corrected chi connectivity index (χ1v) is 5.77. The lowest BCUT2D eigenvalue weighted by Crippen LogP contribution is -2.36. The van der Waals surface area contributed by atoms with Crippen molar-refractivity contribution in [2.75, 3.05) is 0 Å². The van der Waals surface area contributed by atoms with E-state index < -0.39 is 0 Å². The molecule has 0 spiro atoms. The van der Waals surface area contributed by atoms with Gasteiger partial charge in [-0.15, -0.1) is 0 Å². The molecule has 3 fully saturated rings. The second kappa shape index (κ2) is 2.27. The predicted molar refractivity (Wildman–Crippen MR) is 50.8 cm³/mol. The molecule has 3 rings (SSSR count). The van der Waals surface area contributed by atoms with Gasteiger partial charge in [-0.05, 0) is 61.2 Å². The zero-order chi connectivity index (χ0) is 8.29. The van der Waals surface area contributed by atoms with Gasteiger partial charge < -0.3 is 0 Å². The molecule has 12 heavy (non-hydrogen) atoms. The van der Waals surface area contributed by atoms with E-state index in [2.05, 4.69) is 13.8 Å². The van der Waals surface area contributed by atoms with Crippen molar-refractivity contribution < 1.29 is 0 Å². The zero-order valence-corrected chi connectivity index (χ0v) is 8.29. The van der Waals surface area contributed by atoms with Crippen LogP contribution >= 0.6 is 0 Å². The molecule has 0 aromatic rings. The summed E-state index contributed by atoms with van der Waals surface area (Å²) in [5, 5.41) is 0. The van der Waals surface area contributed by atoms with Crippen molar-refractivity contribution in [2.45, 2.75) is 39.5 Å². The number of rotatable bonds is 1. The normalized spacial score (nSPS) is 58.0. The highest BCUT2D eigenvalue weighted by Gasteiger charge is 2.54. The van der Waals surface area contributed by atoms with Gasteiger partial charge in [0.25, 0.3) is 0 Å². The first-order chi connectivity index (χ1) is 5.77. The van der Waals surface area contributed by atoms with E-state index in [-0.39, 0.29) is 0 Å². The van der Waals surface area contributed by atoms with E-state index in [0.29, 0.717) is 0 Å². The molecular weight excluding hydrogens is 144 g/mol. The fourth-order valence-corrected chi connectivity index (χ4v) is 4.24. The third-order valence-electron chi connectivity index (χ3n) is 4.87. The molecule has 0 bridgehead atoms. The Balaban J connectivity index is 1.76. The minimum atomic E-state index is 1.06. The van der Waals surface area contributed by atoms with Crippen molar-refractivity contribution in [1.29, 1.82) is 0 Å². The average Bonchev–Trinajstić information content (AvgIpc) is 2.75. The van der Waals surface area contributed by atoms with Gasteiger partial charge >= 0.3 is 0 Å². The fraction of sp³-hybridized carbons (Fsp3) is 1.00. The Bertz CT molecular complexity index is 192. The number of hydrogen-bond donors (Lipinski definition) is 0. The van der Waals surface area contributed by atoms with Crippen LogP contribution in [0.4, 0.5) is 0 Å². The van der Waals surface area contributed by atoms with Crippen LogP contribution in [0.15, 0.2) is 0 Å². The van der Waals surface area contributed by atoms with Gasteiger partial charge in [-0.25, -0.2) is 0 Å². The van der Waals surface area contributed by atoms with Gasteiger partial charge in [-0.2, -0.15) is 0 Å². The Labute approximate surface area is 75.7 Å². The molecule has 0 saturated heterocycles. The first-order valence-electron chi connectivity index (χ1n) is 5.77. The molecule has 0 N–H and O–H groups in total. The topological polar surface area (TPSA) is 0 Å². The maximum Gasteiger partial charge on any atom is -0.0331 e. The molecule has 0 radical (unpaired) electrons. The van der Waals surface area contributed by atoms with Gasteiger partial charge in [0.1, 0.15) is 0 Å². The quantitative estimate of drug-likeness (QED) is 0.557. The van der Waals surface area contributed by atoms with E-state index in [9.17, 15) is 0 Å². The lowest BCUT2D eigenvalue weighted by atomic mass is 9.63. The Morgan fingerprint density at radius 2 is 1.42 bits per heavy atom. The number of fused-ring (bicyclic) bond motifs is 1. The van der Waals surface area contributed by atoms with E-state index in [0.717, 1.165) is 17.8 Å². The standard InChI is InChI=1S/C12H20/c1-7-5-10(9-3-4-9)11-6-8(2)12(7)11/h7-12H,3-6H2,1-2H3. The maximum atomic E-state index is 2.50. The molecule has 68 valence electrons. The van der Waals surface area contributed by atoms with Gasteiger partial charge in [0.2, 0.25) is 0 Å². The smallest absolute Gasteiger partial charge is 0.0331 e. The van der Waals surface area contributed by atoms with Gasteiger partial charge in [0, 0.05) is 0 Å². The lowest BCUT2D eigenvalue weighted by molar-refractivity contribution is 0.0606. The molecule has 0 aromatic heterocycles. The summed E-state index contributed by atoms with van der Waals surface area (Å²) >= 11 is 0. The predicted octanol–water partition coefficient (Wildman–Crippen LogP) is 3.32. The molecule has 3 aliphatic carbocycles. The highest BCUT2D eigenvalue weighted by molar-refractivity contribution is 5.03. The SMILES string of the molecule is CC1CC(C2CC2)C2CC(C)C12. The molecule has 3 aliphatic rings. The minimum absolute atomic E-state index is 1.06. The summed E-state index contributed by atoms with van der Waals surface area (Å²) in [6, 6.07) is 0. The van der Waals surface area contributed by atoms with E-state index in [1.165, 1.54) is 17.8 Å². The van der Waals surface area contributed by atoms with Crippen LogP contribution in [-0.4, -0.2) is 0 Å². The molecule has 5 atom stereocenters. The molecule has 0 heteroatoms. The molecule has 0 heterocycles. The van der Waals surface area contributed by atoms with E-state index >= 15 is 0 Å². The van der Waals surface area contributed by atoms with Gasteiger partial charge in [-0.1, -0.05) is 13.8 Å². The van der Waals surface area contributed by atoms with Crippen LogP contribution in [-0.2, 0) is 0 Å². The zero-order valence-electron chi connectivity index (χ0n) is 8.29. The molecule has 0 amide bonds. The van der Waals surface area contributed by atoms with Crippen LogP contribution in [0.3, 0.4) is 0 Å². The van der Waals surface area contributed by atoms with Crippen molar-refractivity contribution >= 4 is 0 Å². The van der Waals surface area contributed by atoms with Crippen LogP contribution < -0.4 is 0 Å². The third-order valence-corrected chi connectivity index (χ3v) is 4.87. The van der Waals surface area contributed by atoms with Crippen LogP contribution in [0.25, 0.3) is 0 Å². The fourth-order valence-electron chi connectivity index (χ4n) is 4.24. The van der Waals surface area contributed by atoms with Gasteiger partial charge in [0.05, 0.1) is 0 Å². The van der Waals surface area contributed by atoms with E-state index in [1.54, 1.807) is 25.7 Å². The highest BCUT2D eigenvalue weighted by atomic mass is 14.6. The summed E-state index contributed by atoms with van der Waals surface area (Å²) in [6.07, 6.45) is 6.27. The molecular formula is C12H20. The third kappa shape index (κ3) is 0.843. The largest absolute Gasteiger partial charge is 0.0622 e. The summed E-state index contributed by atoms with van der Waals surface area (Å²) in [5.41, 5.74) is 0. The van der Waals surface area contributed by atoms with Gasteiger partial charge in [0.15, 0.2) is 0 Å². The van der Waals surface area contributed by atoms with Crippen LogP contribution in [0.5, 0.6) is 0 Å². The average molecular weight is 164 g/mol. The van der Waals surface area contributed by atoms with Crippen molar-refractivity contribution in [1.82, 2.24) is 0 Å². The van der Waals surface area contributed by atoms with Crippen molar-refractivity contribution in [2.24, 2.45) is 35.5 Å². The Morgan fingerprint density at radius 1 is 0.833 bits per heavy atom. The van der Waals surface area contributed by atoms with Gasteiger partial charge in [-0.3, -0.25) is 0 Å². The Kier molecular flexibility index (Phi) is 1.40. The molecule has 0 aromatic carbocycles. The molecule has 0 aliphatic heterocycles. The monoisotopic (exact) mass is 164 g/mol. The maximum absolute atomic E-state index is 2.50. The van der Waals surface area contributed by atoms with Crippen LogP contribution in [0.1, 0.15) is 39.5 Å². The highest BCUT2D eigenvalue weighted by Crippen LogP contribution is 2.62. The number of hydrogen-bond acceptors (Lipinski definition) is 0. The second-order valence-corrected chi connectivity index (χ2v) is 5.67. The minimum Gasteiger partial charge on any atom is -0.0622 e. The second-order valence-electron chi connectivity index (χ2n) is 5.67. The summed E-state index contributed by atoms with van der Waals surface area (Å²) in [5.74, 6) is 6.77. The molecule has 3 saturated carbocycles. The van der Waals surface area contributed by atoms with E-state index in [1.807, 2.05) is 0 Å². The summed E-state index contributed by atoms with van der Waals surface area (Å²) in [7, 11) is 0. The van der Waals surface area contributed by atoms with Crippen LogP contribution in [0, 0.1) is 35.5 Å². The molecule has 5 unspecified atom stereocenters. The van der Waals surface area contributed by atoms with Crippen molar-refractivity contribution in [3.8, 4) is 0 Å². The lowest BCUT2D eigenvalue weighted by Gasteiger charge is -2.42. The summed E-state index contributed by atoms with van der Waals surface area (Å²) in [4.78, 5) is 0. The summed E-state index contributed by atoms with van der Waals surface area (Å²) in [6.45, 7) is 4.96. The Morgan fingerprint density at radius 3 is 1.92 bits per heavy atom. The van der Waals surface area contributed by atoms with E-state index in [4.69, 9.17) is 0 Å². The van der Waals surface area contributed by atoms with Crippen molar-refractivity contribution in [3.05, 3.63) is 0 Å².